The quantitative estimate of drug-likeness (QED) is 0.551. The van der Waals surface area contributed by atoms with Gasteiger partial charge in [0, 0.05) is 6.21 Å². The van der Waals surface area contributed by atoms with E-state index in [2.05, 4.69) is 22.5 Å². The van der Waals surface area contributed by atoms with Crippen LogP contribution in [-0.2, 0) is 0 Å². The molecule has 0 saturated carbocycles. The number of halogens is 1. The van der Waals surface area contributed by atoms with E-state index in [1.165, 1.54) is 0 Å². The maximum atomic E-state index is 4.61. The Labute approximate surface area is 57.8 Å². The highest BCUT2D eigenvalue weighted by Gasteiger charge is 1.92. The van der Waals surface area contributed by atoms with Gasteiger partial charge in [-0.05, 0) is 12.2 Å². The van der Waals surface area contributed by atoms with Crippen LogP contribution in [-0.4, -0.2) is 17.9 Å². The number of nitrogens with zero attached hydrogens (tertiary/aromatic N) is 1. The molecule has 0 spiro atoms. The van der Waals surface area contributed by atoms with Crippen molar-refractivity contribution in [2.24, 2.45) is 4.99 Å². The van der Waals surface area contributed by atoms with Crippen molar-refractivity contribution in [2.45, 2.75) is 0 Å². The predicted molar refractivity (Wildman–Crippen MR) is 39.4 cm³/mol. The van der Waals surface area contributed by atoms with Gasteiger partial charge in [0.25, 0.3) is 0 Å². The first-order valence-corrected chi connectivity index (χ1v) is 2.11. The lowest BCUT2D eigenvalue weighted by atomic mass is 10.8. The molecule has 2 nitrogen and oxygen atoms in total. The fraction of sp³-hybridized carbons (Fsp3) is 0.333. The van der Waals surface area contributed by atoms with Gasteiger partial charge in [0.15, 0.2) is 5.11 Å². The molecule has 0 radical (unpaired) electrons. The molecule has 1 N–H and O–H groups in total. The van der Waals surface area contributed by atoms with E-state index >= 15 is 0 Å². The molecule has 0 bridgehead atoms. The molecule has 0 aliphatic carbocycles. The van der Waals surface area contributed by atoms with Crippen molar-refractivity contribution >= 4 is 40.5 Å². The first-order chi connectivity index (χ1) is 2.89. The second-order valence-corrected chi connectivity index (χ2v) is 1.38. The summed E-state index contributed by atoms with van der Waals surface area (Å²) in [6.07, 6.45) is 1.75. The van der Waals surface area contributed by atoms with Gasteiger partial charge in [0.2, 0.25) is 0 Å². The third-order valence-electron chi connectivity index (χ3n) is 0.553. The van der Waals surface area contributed by atoms with E-state index in [1.54, 1.807) is 6.21 Å². The second kappa shape index (κ2) is 3.10. The molecule has 0 amide bonds. The molecule has 4 heteroatoms. The van der Waals surface area contributed by atoms with E-state index in [0.29, 0.717) is 5.11 Å². The van der Waals surface area contributed by atoms with Gasteiger partial charge in [-0.15, -0.1) is 17.0 Å². The Morgan fingerprint density at radius 3 is 2.71 bits per heavy atom. The average molecular weight is 181 g/mol. The molecule has 0 aromatic rings. The zero-order chi connectivity index (χ0) is 4.41. The Kier molecular flexibility index (Phi) is 3.11. The number of hydrogen-bond donors (Lipinski definition) is 1. The summed E-state index contributed by atoms with van der Waals surface area (Å²) in [5, 5.41) is 3.44. The molecule has 0 aromatic carbocycles. The third kappa shape index (κ3) is 1.99. The van der Waals surface area contributed by atoms with Crippen molar-refractivity contribution in [3.63, 3.8) is 0 Å². The smallest absolute Gasteiger partial charge is 0.192 e. The zero-order valence-corrected chi connectivity index (χ0v) is 6.08. The largest absolute Gasteiger partial charge is 0.356 e. The lowest BCUT2D eigenvalue weighted by molar-refractivity contribution is 1.15. The van der Waals surface area contributed by atoms with Gasteiger partial charge in [-0.3, -0.25) is 0 Å². The molecule has 0 fully saturated rings. The van der Waals surface area contributed by atoms with Gasteiger partial charge in [0.05, 0.1) is 6.54 Å². The van der Waals surface area contributed by atoms with Gasteiger partial charge in [-0.1, -0.05) is 0 Å². The Balaban J connectivity index is 0.000000360. The lowest BCUT2D eigenvalue weighted by Crippen LogP contribution is -2.12. The summed E-state index contributed by atoms with van der Waals surface area (Å²) < 4.78 is 0. The van der Waals surface area contributed by atoms with E-state index in [4.69, 9.17) is 0 Å². The molecule has 7 heavy (non-hydrogen) atoms. The van der Waals surface area contributed by atoms with Crippen molar-refractivity contribution in [1.29, 1.82) is 0 Å². The van der Waals surface area contributed by atoms with Crippen molar-refractivity contribution in [1.82, 2.24) is 5.32 Å². The number of rotatable bonds is 0. The summed E-state index contributed by atoms with van der Waals surface area (Å²) in [4.78, 5) is 3.73. The van der Waals surface area contributed by atoms with E-state index in [1.807, 2.05) is 0 Å². The number of hydrogen-bond acceptors (Lipinski definition) is 1. The van der Waals surface area contributed by atoms with Crippen molar-refractivity contribution < 1.29 is 0 Å². The molecule has 1 aliphatic rings. The van der Waals surface area contributed by atoms with Crippen molar-refractivity contribution in [2.75, 3.05) is 6.54 Å². The Bertz CT molecular complexity index is 101. The molecule has 0 saturated heterocycles. The summed E-state index contributed by atoms with van der Waals surface area (Å²) in [5.41, 5.74) is 0. The zero-order valence-electron chi connectivity index (χ0n) is 3.55. The topological polar surface area (TPSA) is 24.4 Å². The standard InChI is InChI=1S/C3H4N2S.BrH/c6-3-4-1-2-5-3;/h1H,2H2,(H,5,6);1H. The lowest BCUT2D eigenvalue weighted by Gasteiger charge is -1.82. The Hall–Kier alpha value is 0.0400. The van der Waals surface area contributed by atoms with Crippen LogP contribution in [0.5, 0.6) is 0 Å². The first-order valence-electron chi connectivity index (χ1n) is 1.70. The molecule has 1 aliphatic heterocycles. The van der Waals surface area contributed by atoms with Crippen LogP contribution in [0.4, 0.5) is 0 Å². The highest BCUT2D eigenvalue weighted by Crippen LogP contribution is 1.77. The summed E-state index contributed by atoms with van der Waals surface area (Å²) in [7, 11) is 0. The molecule has 1 rings (SSSR count). The van der Waals surface area contributed by atoms with Crippen LogP contribution in [0.15, 0.2) is 4.99 Å². The second-order valence-electron chi connectivity index (χ2n) is 0.998. The van der Waals surface area contributed by atoms with Gasteiger partial charge >= 0.3 is 0 Å². The summed E-state index contributed by atoms with van der Waals surface area (Å²) in [5.74, 6) is 0. The highest BCUT2D eigenvalue weighted by molar-refractivity contribution is 8.93. The molecule has 1 heterocycles. The normalized spacial score (nSPS) is 15.7. The minimum Gasteiger partial charge on any atom is -0.356 e. The van der Waals surface area contributed by atoms with Crippen LogP contribution in [0.2, 0.25) is 0 Å². The predicted octanol–water partition coefficient (Wildman–Crippen LogP) is 0.523. The fourth-order valence-corrected chi connectivity index (χ4v) is 0.465. The maximum absolute atomic E-state index is 4.61. The summed E-state index contributed by atoms with van der Waals surface area (Å²) in [6.45, 7) is 0.804. The Morgan fingerprint density at radius 1 is 1.86 bits per heavy atom. The summed E-state index contributed by atoms with van der Waals surface area (Å²) in [6, 6.07) is 0. The monoisotopic (exact) mass is 180 g/mol. The van der Waals surface area contributed by atoms with Crippen LogP contribution in [0.1, 0.15) is 0 Å². The van der Waals surface area contributed by atoms with Crippen LogP contribution in [0, 0.1) is 0 Å². The minimum absolute atomic E-state index is 0. The maximum Gasteiger partial charge on any atom is 0.192 e. The fourth-order valence-electron chi connectivity index (χ4n) is 0.307. The van der Waals surface area contributed by atoms with Crippen LogP contribution < -0.4 is 5.32 Å². The van der Waals surface area contributed by atoms with Crippen LogP contribution >= 0.6 is 29.2 Å². The number of nitrogens with one attached hydrogen (secondary N) is 1. The van der Waals surface area contributed by atoms with Crippen LogP contribution in [0.25, 0.3) is 0 Å². The first kappa shape index (κ1) is 7.04. The van der Waals surface area contributed by atoms with Gasteiger partial charge in [-0.2, -0.15) is 0 Å². The van der Waals surface area contributed by atoms with Gasteiger partial charge < -0.3 is 5.32 Å². The third-order valence-corrected chi connectivity index (χ3v) is 0.803. The minimum atomic E-state index is 0. The van der Waals surface area contributed by atoms with Gasteiger partial charge in [0.1, 0.15) is 0 Å². The van der Waals surface area contributed by atoms with Crippen molar-refractivity contribution in [3.8, 4) is 0 Å². The Morgan fingerprint density at radius 2 is 2.57 bits per heavy atom. The molecule has 40 valence electrons. The molecule has 0 aromatic heterocycles. The van der Waals surface area contributed by atoms with Gasteiger partial charge in [-0.25, -0.2) is 4.99 Å². The van der Waals surface area contributed by atoms with Crippen molar-refractivity contribution in [3.05, 3.63) is 0 Å². The van der Waals surface area contributed by atoms with E-state index in [9.17, 15) is 0 Å². The van der Waals surface area contributed by atoms with E-state index < -0.39 is 0 Å². The van der Waals surface area contributed by atoms with E-state index in [-0.39, 0.29) is 17.0 Å². The SMILES string of the molecule is Br.S=C1N=CCN1. The summed E-state index contributed by atoms with van der Waals surface area (Å²) >= 11 is 4.61. The van der Waals surface area contributed by atoms with E-state index in [0.717, 1.165) is 6.54 Å². The molecule has 0 unspecified atom stereocenters. The average Bonchev–Trinajstić information content (AvgIpc) is 1.86. The number of thiocarbonyl (C=S) groups is 1. The molecule has 0 atom stereocenters. The number of aliphatic imine (C=N–C) groups is 1. The highest BCUT2D eigenvalue weighted by atomic mass is 79.9. The molecular formula is C3H5BrN2S. The van der Waals surface area contributed by atoms with Crippen LogP contribution in [0.3, 0.4) is 0 Å². The molecular weight excluding hydrogens is 176 g/mol.